The molecule has 2 aromatic rings. The Kier molecular flexibility index (Phi) is 3.37. The molecule has 0 aliphatic heterocycles. The van der Waals surface area contributed by atoms with Crippen LogP contribution in [0.25, 0.3) is 11.6 Å². The maximum atomic E-state index is 10.5. The first-order chi connectivity index (χ1) is 8.47. The number of oxazole rings is 1. The van der Waals surface area contributed by atoms with E-state index in [1.54, 1.807) is 14.0 Å². The average molecular weight is 268 g/mol. The molecule has 2 aromatic heterocycles. The topological polar surface area (TPSA) is 94.0 Å². The van der Waals surface area contributed by atoms with Crippen molar-refractivity contribution in [2.75, 3.05) is 5.75 Å². The molecule has 96 valence electrons. The summed E-state index contributed by atoms with van der Waals surface area (Å²) >= 11 is 1.11. The minimum atomic E-state index is -0.892. The van der Waals surface area contributed by atoms with E-state index in [-0.39, 0.29) is 5.75 Å². The monoisotopic (exact) mass is 268 g/mol. The number of aryl methyl sites for hydroxylation is 3. The first-order valence-corrected chi connectivity index (χ1v) is 6.16. The predicted octanol–water partition coefficient (Wildman–Crippen LogP) is 1.26. The number of hydrogen-bond donors (Lipinski definition) is 1. The van der Waals surface area contributed by atoms with Gasteiger partial charge in [0.25, 0.3) is 0 Å². The van der Waals surface area contributed by atoms with E-state index in [4.69, 9.17) is 9.52 Å². The second-order valence-corrected chi connectivity index (χ2v) is 4.61. The van der Waals surface area contributed by atoms with E-state index in [9.17, 15) is 4.79 Å². The summed E-state index contributed by atoms with van der Waals surface area (Å²) in [5, 5.41) is 13.3. The smallest absolute Gasteiger partial charge is 0.313 e. The Morgan fingerprint density at radius 1 is 1.44 bits per heavy atom. The molecular weight excluding hydrogens is 256 g/mol. The van der Waals surface area contributed by atoms with Crippen LogP contribution in [0, 0.1) is 13.8 Å². The zero-order valence-corrected chi connectivity index (χ0v) is 11.0. The molecule has 0 saturated carbocycles. The van der Waals surface area contributed by atoms with E-state index in [1.807, 2.05) is 6.92 Å². The van der Waals surface area contributed by atoms with Crippen molar-refractivity contribution in [3.8, 4) is 11.6 Å². The first kappa shape index (κ1) is 12.6. The number of rotatable bonds is 4. The number of carboxylic acids is 1. The summed E-state index contributed by atoms with van der Waals surface area (Å²) in [6, 6.07) is 0. The third kappa shape index (κ3) is 2.53. The van der Waals surface area contributed by atoms with Crippen molar-refractivity contribution in [2.24, 2.45) is 7.05 Å². The highest BCUT2D eigenvalue weighted by molar-refractivity contribution is 7.99. The fraction of sp³-hybridized carbons (Fsp3) is 0.400. The fourth-order valence-corrected chi connectivity index (χ4v) is 2.09. The van der Waals surface area contributed by atoms with Crippen molar-refractivity contribution < 1.29 is 14.3 Å². The zero-order valence-electron chi connectivity index (χ0n) is 10.2. The van der Waals surface area contributed by atoms with Gasteiger partial charge in [0, 0.05) is 14.0 Å². The molecule has 0 atom stereocenters. The Morgan fingerprint density at radius 2 is 2.17 bits per heavy atom. The molecule has 0 saturated heterocycles. The van der Waals surface area contributed by atoms with Gasteiger partial charge in [-0.05, 0) is 6.92 Å². The third-order valence-electron chi connectivity index (χ3n) is 2.15. The van der Waals surface area contributed by atoms with Gasteiger partial charge in [0.15, 0.2) is 16.8 Å². The Morgan fingerprint density at radius 3 is 2.72 bits per heavy atom. The summed E-state index contributed by atoms with van der Waals surface area (Å²) in [5.74, 6) is 0.542. The van der Waals surface area contributed by atoms with Gasteiger partial charge in [-0.3, -0.25) is 4.79 Å². The van der Waals surface area contributed by atoms with Crippen LogP contribution in [0.15, 0.2) is 9.57 Å². The first-order valence-electron chi connectivity index (χ1n) is 5.17. The summed E-state index contributed by atoms with van der Waals surface area (Å²) in [6.45, 7) is 3.56. The van der Waals surface area contributed by atoms with E-state index < -0.39 is 5.97 Å². The van der Waals surface area contributed by atoms with Gasteiger partial charge < -0.3 is 9.52 Å². The van der Waals surface area contributed by atoms with Crippen LogP contribution in [-0.4, -0.2) is 36.6 Å². The Hall–Kier alpha value is -1.83. The highest BCUT2D eigenvalue weighted by atomic mass is 32.2. The van der Waals surface area contributed by atoms with Crippen LogP contribution in [0.3, 0.4) is 0 Å². The van der Waals surface area contributed by atoms with E-state index in [1.165, 1.54) is 4.68 Å². The molecule has 7 nitrogen and oxygen atoms in total. The Balaban J connectivity index is 2.28. The van der Waals surface area contributed by atoms with Crippen LogP contribution in [0.1, 0.15) is 11.6 Å². The van der Waals surface area contributed by atoms with Gasteiger partial charge in [-0.15, -0.1) is 5.10 Å². The number of aliphatic carboxylic acids is 1. The Bertz CT molecular complexity index is 590. The molecule has 8 heteroatoms. The van der Waals surface area contributed by atoms with E-state index in [2.05, 4.69) is 15.1 Å². The van der Waals surface area contributed by atoms with Crippen molar-refractivity contribution >= 4 is 17.7 Å². The summed E-state index contributed by atoms with van der Waals surface area (Å²) in [6.07, 6.45) is 0. The quantitative estimate of drug-likeness (QED) is 0.834. The Labute approximate surface area is 107 Å². The van der Waals surface area contributed by atoms with Crippen LogP contribution in [0.2, 0.25) is 0 Å². The van der Waals surface area contributed by atoms with E-state index in [0.29, 0.717) is 28.3 Å². The summed E-state index contributed by atoms with van der Waals surface area (Å²) in [7, 11) is 1.71. The van der Waals surface area contributed by atoms with Crippen LogP contribution in [0.5, 0.6) is 0 Å². The number of thioether (sulfide) groups is 1. The standard InChI is InChI=1S/C10H12N4O3S/c1-5-8(17-6(2)11-5)9-12-10(14(3)13-9)18-4-7(15)16/h4H2,1-3H3,(H,15,16). The highest BCUT2D eigenvalue weighted by Gasteiger charge is 2.17. The normalized spacial score (nSPS) is 10.8. The number of carboxylic acid groups (broad SMARTS) is 1. The molecule has 0 radical (unpaired) electrons. The van der Waals surface area contributed by atoms with Crippen LogP contribution in [0.4, 0.5) is 0 Å². The maximum absolute atomic E-state index is 10.5. The molecule has 0 aromatic carbocycles. The summed E-state index contributed by atoms with van der Waals surface area (Å²) in [4.78, 5) is 18.9. The molecule has 0 fully saturated rings. The van der Waals surface area contributed by atoms with E-state index >= 15 is 0 Å². The second kappa shape index (κ2) is 4.81. The van der Waals surface area contributed by atoms with Crippen molar-refractivity contribution in [3.05, 3.63) is 11.6 Å². The molecule has 0 unspecified atom stereocenters. The van der Waals surface area contributed by atoms with Crippen LogP contribution in [-0.2, 0) is 11.8 Å². The van der Waals surface area contributed by atoms with Crippen molar-refractivity contribution in [1.29, 1.82) is 0 Å². The minimum Gasteiger partial charge on any atom is -0.481 e. The van der Waals surface area contributed by atoms with Crippen LogP contribution >= 0.6 is 11.8 Å². The number of nitrogens with zero attached hydrogens (tertiary/aromatic N) is 4. The molecule has 2 rings (SSSR count). The predicted molar refractivity (Wildman–Crippen MR) is 64.3 cm³/mol. The van der Waals surface area contributed by atoms with Gasteiger partial charge in [-0.2, -0.15) is 4.98 Å². The van der Waals surface area contributed by atoms with Crippen LogP contribution < -0.4 is 0 Å². The maximum Gasteiger partial charge on any atom is 0.313 e. The van der Waals surface area contributed by atoms with Crippen molar-refractivity contribution in [2.45, 2.75) is 19.0 Å². The lowest BCUT2D eigenvalue weighted by atomic mass is 10.3. The minimum absolute atomic E-state index is 0.0552. The van der Waals surface area contributed by atoms with E-state index in [0.717, 1.165) is 11.8 Å². The summed E-state index contributed by atoms with van der Waals surface area (Å²) < 4.78 is 6.95. The van der Waals surface area contributed by atoms with Gasteiger partial charge in [0.05, 0.1) is 11.4 Å². The molecule has 0 spiro atoms. The molecule has 0 amide bonds. The average Bonchev–Trinajstić information content (AvgIpc) is 2.79. The lowest BCUT2D eigenvalue weighted by molar-refractivity contribution is -0.133. The van der Waals surface area contributed by atoms with Gasteiger partial charge >= 0.3 is 5.97 Å². The SMILES string of the molecule is Cc1nc(C)c(-c2nc(SCC(=O)O)n(C)n2)o1. The molecule has 18 heavy (non-hydrogen) atoms. The molecular formula is C10H12N4O3S. The zero-order chi connectivity index (χ0) is 13.3. The molecule has 1 N–H and O–H groups in total. The fourth-order valence-electron chi connectivity index (χ4n) is 1.46. The van der Waals surface area contributed by atoms with Gasteiger partial charge in [-0.25, -0.2) is 9.67 Å². The largest absolute Gasteiger partial charge is 0.481 e. The van der Waals surface area contributed by atoms with Gasteiger partial charge in [-0.1, -0.05) is 11.8 Å². The van der Waals surface area contributed by atoms with Crippen molar-refractivity contribution in [1.82, 2.24) is 19.7 Å². The van der Waals surface area contributed by atoms with Crippen molar-refractivity contribution in [3.63, 3.8) is 0 Å². The highest BCUT2D eigenvalue weighted by Crippen LogP contribution is 2.24. The number of carbonyl (C=O) groups is 1. The molecule has 0 aliphatic carbocycles. The lowest BCUT2D eigenvalue weighted by Crippen LogP contribution is -2.00. The molecule has 0 bridgehead atoms. The number of aromatic nitrogens is 4. The molecule has 2 heterocycles. The summed E-state index contributed by atoms with van der Waals surface area (Å²) in [5.41, 5.74) is 0.716. The third-order valence-corrected chi connectivity index (χ3v) is 3.16. The molecule has 0 aliphatic rings. The van der Waals surface area contributed by atoms with Gasteiger partial charge in [0.1, 0.15) is 0 Å². The second-order valence-electron chi connectivity index (χ2n) is 3.67. The lowest BCUT2D eigenvalue weighted by Gasteiger charge is -1.94. The van der Waals surface area contributed by atoms with Gasteiger partial charge in [0.2, 0.25) is 5.82 Å². The number of hydrogen-bond acceptors (Lipinski definition) is 6.